The Kier molecular flexibility index (Phi) is 2.47. The first-order valence-electron chi connectivity index (χ1n) is 8.23. The van der Waals surface area contributed by atoms with Crippen LogP contribution in [0, 0.1) is 0 Å². The molecule has 4 aromatic rings. The monoisotopic (exact) mass is 310 g/mol. The third kappa shape index (κ3) is 1.60. The van der Waals surface area contributed by atoms with Crippen molar-refractivity contribution in [2.45, 2.75) is 13.1 Å². The Bertz CT molecular complexity index is 1090. The highest BCUT2D eigenvalue weighted by Crippen LogP contribution is 2.37. The molecule has 0 aromatic heterocycles. The van der Waals surface area contributed by atoms with Crippen molar-refractivity contribution in [2.24, 2.45) is 0 Å². The number of fused-ring (bicyclic) bond motifs is 7. The summed E-state index contributed by atoms with van der Waals surface area (Å²) in [7, 11) is -1.59. The van der Waals surface area contributed by atoms with E-state index in [-0.39, 0.29) is 0 Å². The topological polar surface area (TPSA) is 0 Å². The summed E-state index contributed by atoms with van der Waals surface area (Å²) in [6, 6.07) is 27.0. The van der Waals surface area contributed by atoms with Crippen molar-refractivity contribution in [3.63, 3.8) is 0 Å². The molecule has 0 spiro atoms. The summed E-state index contributed by atoms with van der Waals surface area (Å²) in [6.07, 6.45) is 0. The fourth-order valence-electron chi connectivity index (χ4n) is 4.29. The van der Waals surface area contributed by atoms with Gasteiger partial charge in [0, 0.05) is 0 Å². The predicted molar refractivity (Wildman–Crippen MR) is 104 cm³/mol. The molecule has 1 aliphatic heterocycles. The van der Waals surface area contributed by atoms with Crippen molar-refractivity contribution >= 4 is 40.0 Å². The van der Waals surface area contributed by atoms with Crippen LogP contribution in [0.5, 0.6) is 0 Å². The zero-order valence-corrected chi connectivity index (χ0v) is 14.4. The Balaban J connectivity index is 2.07. The molecule has 0 nitrogen and oxygen atoms in total. The maximum Gasteiger partial charge on any atom is 0.113 e. The molecule has 4 aromatic carbocycles. The van der Waals surface area contributed by atoms with Gasteiger partial charge in [-0.05, 0) is 43.0 Å². The number of hydrogen-bond acceptors (Lipinski definition) is 0. The van der Waals surface area contributed by atoms with E-state index in [0.717, 1.165) is 0 Å². The average molecular weight is 310 g/mol. The second-order valence-electron chi connectivity index (χ2n) is 7.04. The van der Waals surface area contributed by atoms with Crippen LogP contribution in [0.25, 0.3) is 32.7 Å². The minimum absolute atomic E-state index is 1.33. The van der Waals surface area contributed by atoms with E-state index in [1.807, 2.05) is 0 Å². The summed E-state index contributed by atoms with van der Waals surface area (Å²) in [5.41, 5.74) is 2.95. The van der Waals surface area contributed by atoms with Gasteiger partial charge in [-0.2, -0.15) is 0 Å². The van der Waals surface area contributed by atoms with E-state index in [2.05, 4.69) is 85.9 Å². The summed E-state index contributed by atoms with van der Waals surface area (Å²) in [4.78, 5) is 0. The maximum absolute atomic E-state index is 2.48. The van der Waals surface area contributed by atoms with E-state index >= 15 is 0 Å². The van der Waals surface area contributed by atoms with Crippen LogP contribution in [0.2, 0.25) is 13.1 Å². The van der Waals surface area contributed by atoms with Crippen molar-refractivity contribution in [2.75, 3.05) is 0 Å². The minimum atomic E-state index is -1.59. The van der Waals surface area contributed by atoms with Gasteiger partial charge < -0.3 is 0 Å². The van der Waals surface area contributed by atoms with Crippen LogP contribution in [0.1, 0.15) is 0 Å². The molecule has 0 amide bonds. The largest absolute Gasteiger partial charge is 0.113 e. The molecule has 0 N–H and O–H groups in total. The van der Waals surface area contributed by atoms with Gasteiger partial charge in [0.05, 0.1) is 0 Å². The molecule has 0 radical (unpaired) electrons. The van der Waals surface area contributed by atoms with Crippen LogP contribution >= 0.6 is 0 Å². The van der Waals surface area contributed by atoms with Gasteiger partial charge in [0.2, 0.25) is 0 Å². The zero-order valence-electron chi connectivity index (χ0n) is 13.4. The third-order valence-electron chi connectivity index (χ3n) is 5.45. The molecule has 0 saturated carbocycles. The smallest absolute Gasteiger partial charge is 0.0623 e. The standard InChI is InChI=1S/C22H18Si/c1-23(2)19-10-6-5-9-18(19)22-20(23)14-13-16-12-11-15-7-3-4-8-17(15)21(16)22/h3-14H,1-2H3. The molecule has 23 heavy (non-hydrogen) atoms. The first-order valence-corrected chi connectivity index (χ1v) is 11.2. The van der Waals surface area contributed by atoms with Crippen LogP contribution in [-0.4, -0.2) is 8.07 Å². The fraction of sp³-hybridized carbons (Fsp3) is 0.0909. The van der Waals surface area contributed by atoms with Gasteiger partial charge in [0.25, 0.3) is 0 Å². The maximum atomic E-state index is 2.48. The molecule has 1 heterocycles. The van der Waals surface area contributed by atoms with E-state index in [1.165, 1.54) is 32.7 Å². The molecule has 0 fully saturated rings. The van der Waals surface area contributed by atoms with Crippen molar-refractivity contribution in [1.29, 1.82) is 0 Å². The Hall–Kier alpha value is -2.38. The Morgan fingerprint density at radius 3 is 2.22 bits per heavy atom. The average Bonchev–Trinajstić information content (AvgIpc) is 2.83. The highest BCUT2D eigenvalue weighted by Gasteiger charge is 2.38. The molecule has 0 atom stereocenters. The number of benzene rings is 4. The molecule has 110 valence electrons. The molecule has 0 saturated heterocycles. The molecule has 1 heteroatoms. The lowest BCUT2D eigenvalue weighted by molar-refractivity contribution is 1.74. The lowest BCUT2D eigenvalue weighted by Gasteiger charge is -2.19. The van der Waals surface area contributed by atoms with E-state index in [4.69, 9.17) is 0 Å². The lowest BCUT2D eigenvalue weighted by Crippen LogP contribution is -2.49. The summed E-state index contributed by atoms with van der Waals surface area (Å²) < 4.78 is 0. The fourth-order valence-corrected chi connectivity index (χ4v) is 7.36. The van der Waals surface area contributed by atoms with Gasteiger partial charge in [-0.15, -0.1) is 0 Å². The Morgan fingerprint density at radius 1 is 0.609 bits per heavy atom. The van der Waals surface area contributed by atoms with Crippen LogP contribution in [0.4, 0.5) is 0 Å². The van der Waals surface area contributed by atoms with E-state index in [9.17, 15) is 0 Å². The first kappa shape index (κ1) is 13.1. The second kappa shape index (κ2) is 4.33. The van der Waals surface area contributed by atoms with E-state index < -0.39 is 8.07 Å². The summed E-state index contributed by atoms with van der Waals surface area (Å²) >= 11 is 0. The SMILES string of the molecule is C[Si]1(C)c2ccccc2-c2c1ccc1ccc3ccccc3c21. The van der Waals surface area contributed by atoms with Crippen LogP contribution in [-0.2, 0) is 0 Å². The zero-order chi connectivity index (χ0) is 15.6. The highest BCUT2D eigenvalue weighted by molar-refractivity contribution is 7.04. The third-order valence-corrected chi connectivity index (χ3v) is 9.00. The number of hydrogen-bond donors (Lipinski definition) is 0. The Labute approximate surface area is 137 Å². The van der Waals surface area contributed by atoms with Crippen LogP contribution in [0.15, 0.2) is 72.8 Å². The highest BCUT2D eigenvalue weighted by atomic mass is 28.3. The molecular weight excluding hydrogens is 292 g/mol. The van der Waals surface area contributed by atoms with E-state index in [1.54, 1.807) is 10.4 Å². The predicted octanol–water partition coefficient (Wildman–Crippen LogP) is 4.80. The van der Waals surface area contributed by atoms with Gasteiger partial charge in [0.15, 0.2) is 0 Å². The molecular formula is C22H18Si. The lowest BCUT2D eigenvalue weighted by atomic mass is 9.94. The first-order chi connectivity index (χ1) is 11.2. The van der Waals surface area contributed by atoms with E-state index in [0.29, 0.717) is 0 Å². The van der Waals surface area contributed by atoms with Crippen LogP contribution < -0.4 is 10.4 Å². The molecule has 5 rings (SSSR count). The van der Waals surface area contributed by atoms with Gasteiger partial charge >= 0.3 is 0 Å². The summed E-state index contributed by atoms with van der Waals surface area (Å²) in [5.74, 6) is 0. The van der Waals surface area contributed by atoms with Gasteiger partial charge in [-0.25, -0.2) is 0 Å². The van der Waals surface area contributed by atoms with Gasteiger partial charge in [-0.1, -0.05) is 85.9 Å². The molecule has 0 unspecified atom stereocenters. The second-order valence-corrected chi connectivity index (χ2v) is 11.4. The van der Waals surface area contributed by atoms with Gasteiger partial charge in [0.1, 0.15) is 8.07 Å². The molecule has 0 aliphatic carbocycles. The van der Waals surface area contributed by atoms with Crippen molar-refractivity contribution in [3.8, 4) is 11.1 Å². The van der Waals surface area contributed by atoms with Crippen molar-refractivity contribution in [1.82, 2.24) is 0 Å². The van der Waals surface area contributed by atoms with Crippen molar-refractivity contribution in [3.05, 3.63) is 72.8 Å². The van der Waals surface area contributed by atoms with Crippen molar-refractivity contribution < 1.29 is 0 Å². The molecule has 0 bridgehead atoms. The Morgan fingerprint density at radius 2 is 1.30 bits per heavy atom. The van der Waals surface area contributed by atoms with Gasteiger partial charge in [-0.3, -0.25) is 0 Å². The van der Waals surface area contributed by atoms with Crippen LogP contribution in [0.3, 0.4) is 0 Å². The summed E-state index contributed by atoms with van der Waals surface area (Å²) in [5, 5.41) is 8.66. The normalized spacial score (nSPS) is 14.9. The number of rotatable bonds is 0. The quantitative estimate of drug-likeness (QED) is 0.323. The molecule has 1 aliphatic rings. The summed E-state index contributed by atoms with van der Waals surface area (Å²) in [6.45, 7) is 4.96. The minimum Gasteiger partial charge on any atom is -0.0623 e.